The second-order valence-electron chi connectivity index (χ2n) is 4.09. The molecule has 0 fully saturated rings. The second-order valence-corrected chi connectivity index (χ2v) is 6.45. The van der Waals surface area contributed by atoms with Gasteiger partial charge in [0.05, 0.1) is 11.9 Å². The molecule has 0 aliphatic heterocycles. The number of hydrogen-bond donors (Lipinski definition) is 2. The number of nitrogens with one attached hydrogen (secondary N) is 1. The number of rotatable bonds is 7. The van der Waals surface area contributed by atoms with Crippen molar-refractivity contribution in [3.8, 4) is 0 Å². The Morgan fingerprint density at radius 3 is 2.50 bits per heavy atom. The van der Waals surface area contributed by atoms with Gasteiger partial charge in [0.2, 0.25) is 10.0 Å². The lowest BCUT2D eigenvalue weighted by atomic mass is 10.1. The van der Waals surface area contributed by atoms with E-state index >= 15 is 0 Å². The van der Waals surface area contributed by atoms with Crippen LogP contribution in [0.2, 0.25) is 5.02 Å². The van der Waals surface area contributed by atoms with Crippen LogP contribution < -0.4 is 4.72 Å². The third-order valence-electron chi connectivity index (χ3n) is 2.52. The van der Waals surface area contributed by atoms with E-state index in [0.717, 1.165) is 6.42 Å². The molecule has 4 nitrogen and oxygen atoms in total. The summed E-state index contributed by atoms with van der Waals surface area (Å²) in [7, 11) is -3.29. The smallest absolute Gasteiger partial charge is 0.211 e. The summed E-state index contributed by atoms with van der Waals surface area (Å²) < 4.78 is 25.5. The van der Waals surface area contributed by atoms with Gasteiger partial charge in [-0.2, -0.15) is 0 Å². The topological polar surface area (TPSA) is 66.4 Å². The first-order valence-electron chi connectivity index (χ1n) is 5.85. The average molecular weight is 292 g/mol. The fourth-order valence-electron chi connectivity index (χ4n) is 1.42. The van der Waals surface area contributed by atoms with Crippen LogP contribution >= 0.6 is 11.6 Å². The molecule has 0 aliphatic carbocycles. The van der Waals surface area contributed by atoms with Gasteiger partial charge in [-0.25, -0.2) is 13.1 Å². The molecule has 1 rings (SSSR count). The Hall–Kier alpha value is -0.620. The molecule has 0 saturated heterocycles. The monoisotopic (exact) mass is 291 g/mol. The minimum atomic E-state index is -3.29. The molecule has 0 spiro atoms. The molecule has 0 amide bonds. The van der Waals surface area contributed by atoms with E-state index < -0.39 is 16.1 Å². The minimum Gasteiger partial charge on any atom is -0.387 e. The summed E-state index contributed by atoms with van der Waals surface area (Å²) in [5, 5.41) is 10.4. The van der Waals surface area contributed by atoms with Gasteiger partial charge in [-0.1, -0.05) is 37.1 Å². The molecule has 1 unspecified atom stereocenters. The molecule has 0 heterocycles. The van der Waals surface area contributed by atoms with Crippen LogP contribution in [-0.4, -0.2) is 25.8 Å². The zero-order chi connectivity index (χ0) is 13.6. The van der Waals surface area contributed by atoms with Crippen LogP contribution in [0, 0.1) is 0 Å². The average Bonchev–Trinajstić information content (AvgIpc) is 2.35. The van der Waals surface area contributed by atoms with Gasteiger partial charge in [-0.15, -0.1) is 0 Å². The molecule has 0 bridgehead atoms. The Kier molecular flexibility index (Phi) is 6.08. The van der Waals surface area contributed by atoms with Crippen molar-refractivity contribution in [3.63, 3.8) is 0 Å². The lowest BCUT2D eigenvalue weighted by molar-refractivity contribution is 0.182. The van der Waals surface area contributed by atoms with Crippen LogP contribution in [0.4, 0.5) is 0 Å². The van der Waals surface area contributed by atoms with Gasteiger partial charge in [0, 0.05) is 11.6 Å². The summed E-state index contributed by atoms with van der Waals surface area (Å²) >= 11 is 5.73. The van der Waals surface area contributed by atoms with E-state index in [4.69, 9.17) is 11.6 Å². The summed E-state index contributed by atoms with van der Waals surface area (Å²) in [5.41, 5.74) is 0.637. The van der Waals surface area contributed by atoms with Crippen molar-refractivity contribution in [1.29, 1.82) is 0 Å². The van der Waals surface area contributed by atoms with E-state index in [0.29, 0.717) is 17.0 Å². The van der Waals surface area contributed by atoms with Crippen molar-refractivity contribution in [3.05, 3.63) is 34.9 Å². The highest BCUT2D eigenvalue weighted by Gasteiger charge is 2.13. The molecule has 0 aromatic heterocycles. The van der Waals surface area contributed by atoms with E-state index in [1.54, 1.807) is 24.3 Å². The normalized spacial score (nSPS) is 13.5. The Morgan fingerprint density at radius 2 is 1.94 bits per heavy atom. The van der Waals surface area contributed by atoms with Gasteiger partial charge in [0.15, 0.2) is 0 Å². The van der Waals surface area contributed by atoms with Crippen LogP contribution in [0.25, 0.3) is 0 Å². The summed E-state index contributed by atoms with van der Waals surface area (Å²) in [6.45, 7) is 1.91. The van der Waals surface area contributed by atoms with E-state index in [1.165, 1.54) is 0 Å². The van der Waals surface area contributed by atoms with Gasteiger partial charge < -0.3 is 5.11 Å². The Labute approximate surface area is 113 Å². The van der Waals surface area contributed by atoms with E-state index in [2.05, 4.69) is 4.72 Å². The van der Waals surface area contributed by atoms with Crippen molar-refractivity contribution in [2.75, 3.05) is 12.3 Å². The number of sulfonamides is 1. The standard InChI is InChI=1S/C12H18ClNO3S/c1-2-3-8-18(16,17)14-9-12(15)10-4-6-11(13)7-5-10/h4-7,12,14-15H,2-3,8-9H2,1H3. The first-order chi connectivity index (χ1) is 8.44. The zero-order valence-electron chi connectivity index (χ0n) is 10.3. The van der Waals surface area contributed by atoms with Gasteiger partial charge in [0.1, 0.15) is 0 Å². The largest absolute Gasteiger partial charge is 0.387 e. The Morgan fingerprint density at radius 1 is 1.33 bits per heavy atom. The molecule has 0 saturated carbocycles. The predicted molar refractivity (Wildman–Crippen MR) is 73.1 cm³/mol. The number of aliphatic hydroxyl groups excluding tert-OH is 1. The van der Waals surface area contributed by atoms with Crippen LogP contribution in [0.3, 0.4) is 0 Å². The molecular formula is C12H18ClNO3S. The molecule has 0 aliphatic rings. The lowest BCUT2D eigenvalue weighted by Crippen LogP contribution is -2.30. The van der Waals surface area contributed by atoms with Gasteiger partial charge in [-0.3, -0.25) is 0 Å². The van der Waals surface area contributed by atoms with Crippen molar-refractivity contribution >= 4 is 21.6 Å². The molecule has 1 aromatic carbocycles. The van der Waals surface area contributed by atoms with E-state index in [1.807, 2.05) is 6.92 Å². The summed E-state index contributed by atoms with van der Waals surface area (Å²) in [6.07, 6.45) is 0.575. The number of hydrogen-bond acceptors (Lipinski definition) is 3. The maximum Gasteiger partial charge on any atom is 0.211 e. The predicted octanol–water partition coefficient (Wildman–Crippen LogP) is 2.09. The molecule has 1 aromatic rings. The van der Waals surface area contributed by atoms with Crippen molar-refractivity contribution in [1.82, 2.24) is 4.72 Å². The molecule has 2 N–H and O–H groups in total. The first kappa shape index (κ1) is 15.4. The summed E-state index contributed by atoms with van der Waals surface area (Å²) in [5.74, 6) is 0.0941. The number of aliphatic hydroxyl groups is 1. The second kappa shape index (κ2) is 7.09. The molecule has 1 atom stereocenters. The van der Waals surface area contributed by atoms with E-state index in [-0.39, 0.29) is 12.3 Å². The molecular weight excluding hydrogens is 274 g/mol. The molecule has 0 radical (unpaired) electrons. The quantitative estimate of drug-likeness (QED) is 0.808. The number of halogens is 1. The fraction of sp³-hybridized carbons (Fsp3) is 0.500. The maximum absolute atomic E-state index is 11.5. The zero-order valence-corrected chi connectivity index (χ0v) is 11.8. The first-order valence-corrected chi connectivity index (χ1v) is 7.88. The van der Waals surface area contributed by atoms with Gasteiger partial charge in [-0.05, 0) is 24.1 Å². The highest BCUT2D eigenvalue weighted by atomic mass is 35.5. The third kappa shape index (κ3) is 5.35. The Balaban J connectivity index is 2.50. The molecule has 18 heavy (non-hydrogen) atoms. The van der Waals surface area contributed by atoms with Gasteiger partial charge >= 0.3 is 0 Å². The van der Waals surface area contributed by atoms with Gasteiger partial charge in [0.25, 0.3) is 0 Å². The van der Waals surface area contributed by atoms with Crippen LogP contribution in [0.5, 0.6) is 0 Å². The van der Waals surface area contributed by atoms with Crippen LogP contribution in [0.15, 0.2) is 24.3 Å². The summed E-state index contributed by atoms with van der Waals surface area (Å²) in [4.78, 5) is 0. The number of benzene rings is 1. The highest BCUT2D eigenvalue weighted by Crippen LogP contribution is 2.15. The van der Waals surface area contributed by atoms with E-state index in [9.17, 15) is 13.5 Å². The molecule has 6 heteroatoms. The highest BCUT2D eigenvalue weighted by molar-refractivity contribution is 7.89. The van der Waals surface area contributed by atoms with Crippen molar-refractivity contribution < 1.29 is 13.5 Å². The van der Waals surface area contributed by atoms with Crippen molar-refractivity contribution in [2.24, 2.45) is 0 Å². The summed E-state index contributed by atoms with van der Waals surface area (Å²) in [6, 6.07) is 6.66. The van der Waals surface area contributed by atoms with Crippen LogP contribution in [0.1, 0.15) is 31.4 Å². The van der Waals surface area contributed by atoms with Crippen molar-refractivity contribution in [2.45, 2.75) is 25.9 Å². The lowest BCUT2D eigenvalue weighted by Gasteiger charge is -2.12. The molecule has 102 valence electrons. The van der Waals surface area contributed by atoms with Crippen LogP contribution in [-0.2, 0) is 10.0 Å². The fourth-order valence-corrected chi connectivity index (χ4v) is 2.77. The number of unbranched alkanes of at least 4 members (excludes halogenated alkanes) is 1. The minimum absolute atomic E-state index is 0.0202. The Bertz CT molecular complexity index is 459. The maximum atomic E-state index is 11.5. The third-order valence-corrected chi connectivity index (χ3v) is 4.20. The SMILES string of the molecule is CCCCS(=O)(=O)NCC(O)c1ccc(Cl)cc1.